The summed E-state index contributed by atoms with van der Waals surface area (Å²) in [6, 6.07) is 5.04. The topological polar surface area (TPSA) is 94.9 Å². The lowest BCUT2D eigenvalue weighted by Crippen LogP contribution is -2.39. The number of halogens is 1. The molecule has 0 aliphatic heterocycles. The van der Waals surface area contributed by atoms with Gasteiger partial charge in [-0.3, -0.25) is 14.4 Å². The second kappa shape index (κ2) is 6.50. The first-order valence-corrected chi connectivity index (χ1v) is 6.38. The number of aryl methyl sites for hydroxylation is 1. The highest BCUT2D eigenvalue weighted by Gasteiger charge is 2.23. The fraction of sp³-hybridized carbons (Fsp3) is 0.250. The van der Waals surface area contributed by atoms with E-state index >= 15 is 0 Å². The van der Waals surface area contributed by atoms with Crippen molar-refractivity contribution in [1.29, 1.82) is 0 Å². The minimum Gasteiger partial charge on any atom is -0.480 e. The molecule has 1 rings (SSSR count). The van der Waals surface area contributed by atoms with Crippen molar-refractivity contribution in [3.05, 3.63) is 32.9 Å². The molecule has 0 bridgehead atoms. The van der Waals surface area contributed by atoms with Crippen LogP contribution >= 0.6 is 22.6 Å². The molecule has 19 heavy (non-hydrogen) atoms. The van der Waals surface area contributed by atoms with Crippen LogP contribution in [-0.2, 0) is 9.59 Å². The Morgan fingerprint density at radius 2 is 1.68 bits per heavy atom. The van der Waals surface area contributed by atoms with E-state index in [1.54, 1.807) is 12.1 Å². The van der Waals surface area contributed by atoms with Crippen molar-refractivity contribution in [2.45, 2.75) is 6.92 Å². The Labute approximate surface area is 123 Å². The highest BCUT2D eigenvalue weighted by Crippen LogP contribution is 2.18. The number of benzene rings is 1. The van der Waals surface area contributed by atoms with Gasteiger partial charge in [0.05, 0.1) is 5.56 Å². The zero-order valence-corrected chi connectivity index (χ0v) is 12.2. The molecule has 2 N–H and O–H groups in total. The van der Waals surface area contributed by atoms with Crippen LogP contribution in [0.15, 0.2) is 18.2 Å². The maximum Gasteiger partial charge on any atom is 0.323 e. The Morgan fingerprint density at radius 3 is 2.16 bits per heavy atom. The molecule has 6 nitrogen and oxygen atoms in total. The summed E-state index contributed by atoms with van der Waals surface area (Å²) in [6.07, 6.45) is 0. The van der Waals surface area contributed by atoms with Crippen molar-refractivity contribution in [3.8, 4) is 0 Å². The highest BCUT2D eigenvalue weighted by atomic mass is 127. The predicted molar refractivity (Wildman–Crippen MR) is 75.1 cm³/mol. The van der Waals surface area contributed by atoms with Crippen LogP contribution in [0.2, 0.25) is 0 Å². The van der Waals surface area contributed by atoms with E-state index in [9.17, 15) is 14.4 Å². The molecule has 0 aromatic heterocycles. The summed E-state index contributed by atoms with van der Waals surface area (Å²) >= 11 is 1.98. The number of rotatable bonds is 5. The zero-order chi connectivity index (χ0) is 14.6. The number of nitrogens with zero attached hydrogens (tertiary/aromatic N) is 1. The SMILES string of the molecule is Cc1cccc(C(=O)N(CC(=O)O)CC(=O)O)c1I. The predicted octanol–water partition coefficient (Wildman–Crippen LogP) is 1.21. The fourth-order valence-electron chi connectivity index (χ4n) is 1.51. The van der Waals surface area contributed by atoms with Crippen molar-refractivity contribution >= 4 is 40.4 Å². The average Bonchev–Trinajstić information content (AvgIpc) is 2.30. The lowest BCUT2D eigenvalue weighted by atomic mass is 10.1. The van der Waals surface area contributed by atoms with Crippen molar-refractivity contribution in [1.82, 2.24) is 4.90 Å². The number of hydrogen-bond acceptors (Lipinski definition) is 3. The van der Waals surface area contributed by atoms with Crippen molar-refractivity contribution in [2.75, 3.05) is 13.1 Å². The summed E-state index contributed by atoms with van der Waals surface area (Å²) < 4.78 is 0.686. The highest BCUT2D eigenvalue weighted by molar-refractivity contribution is 14.1. The van der Waals surface area contributed by atoms with E-state index in [1.807, 2.05) is 35.6 Å². The summed E-state index contributed by atoms with van der Waals surface area (Å²) in [5.41, 5.74) is 1.18. The monoisotopic (exact) mass is 377 g/mol. The van der Waals surface area contributed by atoms with Gasteiger partial charge in [-0.05, 0) is 41.1 Å². The molecule has 0 aliphatic carbocycles. The summed E-state index contributed by atoms with van der Waals surface area (Å²) in [5, 5.41) is 17.5. The van der Waals surface area contributed by atoms with Crippen LogP contribution in [0.4, 0.5) is 0 Å². The number of amides is 1. The van der Waals surface area contributed by atoms with Crippen LogP contribution in [0.25, 0.3) is 0 Å². The molecule has 0 saturated carbocycles. The van der Waals surface area contributed by atoms with Crippen molar-refractivity contribution in [3.63, 3.8) is 0 Å². The number of carboxylic acid groups (broad SMARTS) is 2. The molecule has 1 aromatic carbocycles. The Morgan fingerprint density at radius 1 is 1.16 bits per heavy atom. The molecule has 0 unspecified atom stereocenters. The molecule has 1 aromatic rings. The third-order valence-corrected chi connectivity index (χ3v) is 3.79. The molecule has 0 atom stereocenters. The molecule has 0 heterocycles. The number of carboxylic acids is 2. The van der Waals surface area contributed by atoms with Gasteiger partial charge >= 0.3 is 11.9 Å². The average molecular weight is 377 g/mol. The maximum atomic E-state index is 12.2. The summed E-state index contributed by atoms with van der Waals surface area (Å²) in [7, 11) is 0. The van der Waals surface area contributed by atoms with Crippen LogP contribution in [0.3, 0.4) is 0 Å². The summed E-state index contributed by atoms with van der Waals surface area (Å²) in [4.78, 5) is 34.4. The van der Waals surface area contributed by atoms with E-state index in [0.717, 1.165) is 10.5 Å². The molecule has 102 valence electrons. The van der Waals surface area contributed by atoms with Crippen molar-refractivity contribution in [2.24, 2.45) is 0 Å². The van der Waals surface area contributed by atoms with Gasteiger partial charge in [0.2, 0.25) is 0 Å². The van der Waals surface area contributed by atoms with Crippen LogP contribution in [0.1, 0.15) is 15.9 Å². The minimum absolute atomic E-state index is 0.308. The normalized spacial score (nSPS) is 10.0. The molecule has 0 saturated heterocycles. The first kappa shape index (κ1) is 15.4. The fourth-order valence-corrected chi connectivity index (χ4v) is 2.10. The van der Waals surface area contributed by atoms with E-state index in [4.69, 9.17) is 10.2 Å². The largest absolute Gasteiger partial charge is 0.480 e. The summed E-state index contributed by atoms with van der Waals surface area (Å²) in [6.45, 7) is 0.529. The van der Waals surface area contributed by atoms with E-state index in [2.05, 4.69) is 0 Å². The standard InChI is InChI=1S/C12H12INO5/c1-7-3-2-4-8(11(7)13)12(19)14(5-9(15)16)6-10(17)18/h2-4H,5-6H2,1H3,(H,15,16)(H,17,18). The van der Waals surface area contributed by atoms with Gasteiger partial charge in [0.15, 0.2) is 0 Å². The number of hydrogen-bond donors (Lipinski definition) is 2. The Balaban J connectivity index is 3.07. The Hall–Kier alpha value is -1.64. The van der Waals surface area contributed by atoms with Gasteiger partial charge in [0.25, 0.3) is 5.91 Å². The minimum atomic E-state index is -1.25. The van der Waals surface area contributed by atoms with E-state index < -0.39 is 30.9 Å². The van der Waals surface area contributed by atoms with Crippen molar-refractivity contribution < 1.29 is 24.6 Å². The smallest absolute Gasteiger partial charge is 0.323 e. The van der Waals surface area contributed by atoms with E-state index in [0.29, 0.717) is 9.13 Å². The van der Waals surface area contributed by atoms with Gasteiger partial charge in [-0.2, -0.15) is 0 Å². The molecular weight excluding hydrogens is 365 g/mol. The number of carbonyl (C=O) groups is 3. The van der Waals surface area contributed by atoms with Crippen LogP contribution in [0.5, 0.6) is 0 Å². The van der Waals surface area contributed by atoms with Crippen LogP contribution in [-0.4, -0.2) is 46.0 Å². The first-order chi connectivity index (χ1) is 8.82. The molecule has 0 aliphatic rings. The third-order valence-electron chi connectivity index (χ3n) is 2.36. The molecule has 1 amide bonds. The number of aliphatic carboxylic acids is 2. The van der Waals surface area contributed by atoms with Crippen LogP contribution < -0.4 is 0 Å². The van der Waals surface area contributed by atoms with Gasteiger partial charge in [-0.1, -0.05) is 12.1 Å². The summed E-state index contributed by atoms with van der Waals surface area (Å²) in [5.74, 6) is -3.10. The van der Waals surface area contributed by atoms with Gasteiger partial charge in [0.1, 0.15) is 13.1 Å². The van der Waals surface area contributed by atoms with Gasteiger partial charge < -0.3 is 15.1 Å². The zero-order valence-electron chi connectivity index (χ0n) is 10.1. The van der Waals surface area contributed by atoms with Gasteiger partial charge in [0, 0.05) is 3.57 Å². The second-order valence-corrected chi connectivity index (χ2v) is 4.96. The first-order valence-electron chi connectivity index (χ1n) is 5.31. The Kier molecular flexibility index (Phi) is 5.28. The number of carbonyl (C=O) groups excluding carboxylic acids is 1. The molecule has 0 radical (unpaired) electrons. The van der Waals surface area contributed by atoms with Gasteiger partial charge in [-0.25, -0.2) is 0 Å². The molecule has 0 fully saturated rings. The second-order valence-electron chi connectivity index (χ2n) is 3.89. The van der Waals surface area contributed by atoms with E-state index in [-0.39, 0.29) is 0 Å². The Bertz CT molecular complexity index is 513. The van der Waals surface area contributed by atoms with Gasteiger partial charge in [-0.15, -0.1) is 0 Å². The maximum absolute atomic E-state index is 12.2. The molecule has 0 spiro atoms. The lowest BCUT2D eigenvalue weighted by Gasteiger charge is -2.19. The van der Waals surface area contributed by atoms with E-state index in [1.165, 1.54) is 0 Å². The molecular formula is C12H12INO5. The van der Waals surface area contributed by atoms with Crippen LogP contribution in [0, 0.1) is 10.5 Å². The quantitative estimate of drug-likeness (QED) is 0.753. The third kappa shape index (κ3) is 4.19. The molecule has 7 heteroatoms. The lowest BCUT2D eigenvalue weighted by molar-refractivity contribution is -0.140.